The maximum Gasteiger partial charge on any atom is 0.0793 e. The SMILES string of the molecule is CCCN(CC(O)CN1CCOCC1)C1CCc2ccccc2C1. The van der Waals surface area contributed by atoms with Crippen LogP contribution in [0.15, 0.2) is 24.3 Å². The van der Waals surface area contributed by atoms with E-state index in [1.807, 2.05) is 0 Å². The molecule has 1 saturated heterocycles. The van der Waals surface area contributed by atoms with Gasteiger partial charge in [-0.25, -0.2) is 0 Å². The molecular weight excluding hydrogens is 300 g/mol. The standard InChI is InChI=1S/C20H32N2O2/c1-2-9-22(16-20(23)15-21-10-12-24-13-11-21)19-8-7-17-5-3-4-6-18(17)14-19/h3-6,19-20,23H,2,7-16H2,1H3. The van der Waals surface area contributed by atoms with Gasteiger partial charge in [0.1, 0.15) is 0 Å². The van der Waals surface area contributed by atoms with Gasteiger partial charge in [-0.1, -0.05) is 31.2 Å². The molecular formula is C20H32N2O2. The van der Waals surface area contributed by atoms with Gasteiger partial charge in [0, 0.05) is 32.2 Å². The van der Waals surface area contributed by atoms with Crippen molar-refractivity contribution in [3.05, 3.63) is 35.4 Å². The Kier molecular flexibility index (Phi) is 6.67. The summed E-state index contributed by atoms with van der Waals surface area (Å²) >= 11 is 0. The first-order chi connectivity index (χ1) is 11.8. The normalized spacial score (nSPS) is 23.2. The molecule has 24 heavy (non-hydrogen) atoms. The molecule has 1 N–H and O–H groups in total. The molecule has 1 heterocycles. The molecule has 4 heteroatoms. The zero-order valence-electron chi connectivity index (χ0n) is 15.0. The van der Waals surface area contributed by atoms with Crippen molar-refractivity contribution in [2.24, 2.45) is 0 Å². The third-order valence-corrected chi connectivity index (χ3v) is 5.37. The third-order valence-electron chi connectivity index (χ3n) is 5.37. The van der Waals surface area contributed by atoms with Crippen LogP contribution in [0, 0.1) is 0 Å². The van der Waals surface area contributed by atoms with Gasteiger partial charge < -0.3 is 9.84 Å². The van der Waals surface area contributed by atoms with Crippen molar-refractivity contribution >= 4 is 0 Å². The molecule has 2 aliphatic rings. The Morgan fingerprint density at radius 3 is 2.75 bits per heavy atom. The molecule has 0 saturated carbocycles. The Hall–Kier alpha value is -0.940. The van der Waals surface area contributed by atoms with E-state index in [2.05, 4.69) is 41.0 Å². The van der Waals surface area contributed by atoms with Crippen molar-refractivity contribution in [1.82, 2.24) is 9.80 Å². The molecule has 3 rings (SSSR count). The molecule has 1 aliphatic carbocycles. The van der Waals surface area contributed by atoms with Crippen LogP contribution in [-0.4, -0.2) is 73.0 Å². The molecule has 0 aromatic heterocycles. The van der Waals surface area contributed by atoms with Gasteiger partial charge in [-0.2, -0.15) is 0 Å². The predicted octanol–water partition coefficient (Wildman–Crippen LogP) is 1.95. The first kappa shape index (κ1) is 17.9. The van der Waals surface area contributed by atoms with E-state index in [1.54, 1.807) is 0 Å². The lowest BCUT2D eigenvalue weighted by molar-refractivity contribution is 0.00224. The molecule has 1 aliphatic heterocycles. The highest BCUT2D eigenvalue weighted by Gasteiger charge is 2.26. The van der Waals surface area contributed by atoms with E-state index in [0.29, 0.717) is 6.04 Å². The zero-order chi connectivity index (χ0) is 16.8. The number of nitrogens with zero attached hydrogens (tertiary/aromatic N) is 2. The van der Waals surface area contributed by atoms with Gasteiger partial charge in [-0.3, -0.25) is 9.80 Å². The van der Waals surface area contributed by atoms with E-state index >= 15 is 0 Å². The number of hydrogen-bond donors (Lipinski definition) is 1. The van der Waals surface area contributed by atoms with E-state index in [-0.39, 0.29) is 6.10 Å². The fourth-order valence-electron chi connectivity index (χ4n) is 4.11. The highest BCUT2D eigenvalue weighted by atomic mass is 16.5. The van der Waals surface area contributed by atoms with Gasteiger partial charge >= 0.3 is 0 Å². The molecule has 4 nitrogen and oxygen atoms in total. The number of β-amino-alcohol motifs (C(OH)–C–C–N with tert-alkyl or cyclic N) is 1. The zero-order valence-corrected chi connectivity index (χ0v) is 15.0. The Balaban J connectivity index is 1.56. The molecule has 0 bridgehead atoms. The minimum atomic E-state index is -0.271. The average Bonchev–Trinajstić information content (AvgIpc) is 2.62. The largest absolute Gasteiger partial charge is 0.390 e. The van der Waals surface area contributed by atoms with Crippen molar-refractivity contribution in [1.29, 1.82) is 0 Å². The van der Waals surface area contributed by atoms with Crippen molar-refractivity contribution < 1.29 is 9.84 Å². The monoisotopic (exact) mass is 332 g/mol. The van der Waals surface area contributed by atoms with Gasteiger partial charge in [0.05, 0.1) is 19.3 Å². The number of rotatable bonds is 7. The Bertz CT molecular complexity index is 502. The lowest BCUT2D eigenvalue weighted by Crippen LogP contribution is -2.48. The number of fused-ring (bicyclic) bond motifs is 1. The molecule has 2 unspecified atom stereocenters. The van der Waals surface area contributed by atoms with Crippen LogP contribution in [-0.2, 0) is 17.6 Å². The molecule has 0 spiro atoms. The highest BCUT2D eigenvalue weighted by Crippen LogP contribution is 2.24. The number of morpholine rings is 1. The quantitative estimate of drug-likeness (QED) is 0.828. The van der Waals surface area contributed by atoms with Crippen LogP contribution in [0.3, 0.4) is 0 Å². The smallest absolute Gasteiger partial charge is 0.0793 e. The maximum atomic E-state index is 10.6. The second kappa shape index (κ2) is 8.95. The van der Waals surface area contributed by atoms with Gasteiger partial charge in [0.25, 0.3) is 0 Å². The number of aliphatic hydroxyl groups excluding tert-OH is 1. The van der Waals surface area contributed by atoms with Gasteiger partial charge in [0.15, 0.2) is 0 Å². The van der Waals surface area contributed by atoms with E-state index in [1.165, 1.54) is 24.0 Å². The topological polar surface area (TPSA) is 35.9 Å². The van der Waals surface area contributed by atoms with Crippen molar-refractivity contribution in [3.63, 3.8) is 0 Å². The molecule has 0 radical (unpaired) electrons. The minimum absolute atomic E-state index is 0.271. The molecule has 2 atom stereocenters. The van der Waals surface area contributed by atoms with Crippen LogP contribution in [0.2, 0.25) is 0 Å². The maximum absolute atomic E-state index is 10.6. The number of hydrogen-bond acceptors (Lipinski definition) is 4. The number of aliphatic hydroxyl groups is 1. The summed E-state index contributed by atoms with van der Waals surface area (Å²) in [5, 5.41) is 10.6. The molecule has 1 aromatic carbocycles. The van der Waals surface area contributed by atoms with Crippen molar-refractivity contribution in [3.8, 4) is 0 Å². The van der Waals surface area contributed by atoms with Crippen LogP contribution in [0.5, 0.6) is 0 Å². The summed E-state index contributed by atoms with van der Waals surface area (Å²) in [6.07, 6.45) is 4.37. The number of ether oxygens (including phenoxy) is 1. The first-order valence-corrected chi connectivity index (χ1v) is 9.55. The molecule has 1 fully saturated rings. The summed E-state index contributed by atoms with van der Waals surface area (Å²) in [5.41, 5.74) is 3.01. The number of aryl methyl sites for hydroxylation is 1. The second-order valence-electron chi connectivity index (χ2n) is 7.23. The highest BCUT2D eigenvalue weighted by molar-refractivity contribution is 5.30. The Labute approximate surface area is 146 Å². The fraction of sp³-hybridized carbons (Fsp3) is 0.700. The molecule has 1 aromatic rings. The summed E-state index contributed by atoms with van der Waals surface area (Å²) < 4.78 is 5.40. The Morgan fingerprint density at radius 2 is 2.00 bits per heavy atom. The van der Waals surface area contributed by atoms with Gasteiger partial charge in [-0.05, 0) is 43.4 Å². The minimum Gasteiger partial charge on any atom is -0.390 e. The van der Waals surface area contributed by atoms with Crippen LogP contribution in [0.1, 0.15) is 30.9 Å². The van der Waals surface area contributed by atoms with Crippen LogP contribution >= 0.6 is 0 Å². The lowest BCUT2D eigenvalue weighted by Gasteiger charge is -2.37. The lowest BCUT2D eigenvalue weighted by atomic mass is 9.87. The van der Waals surface area contributed by atoms with Crippen molar-refractivity contribution in [2.75, 3.05) is 45.9 Å². The first-order valence-electron chi connectivity index (χ1n) is 9.55. The van der Waals surface area contributed by atoms with Gasteiger partial charge in [0.2, 0.25) is 0 Å². The van der Waals surface area contributed by atoms with E-state index in [9.17, 15) is 5.11 Å². The van der Waals surface area contributed by atoms with Crippen LogP contribution in [0.25, 0.3) is 0 Å². The Morgan fingerprint density at radius 1 is 1.25 bits per heavy atom. The third kappa shape index (κ3) is 4.79. The van der Waals surface area contributed by atoms with Crippen LogP contribution in [0.4, 0.5) is 0 Å². The summed E-state index contributed by atoms with van der Waals surface area (Å²) in [4.78, 5) is 4.86. The summed E-state index contributed by atoms with van der Waals surface area (Å²) in [6.45, 7) is 8.36. The average molecular weight is 332 g/mol. The van der Waals surface area contributed by atoms with Crippen molar-refractivity contribution in [2.45, 2.75) is 44.8 Å². The summed E-state index contributed by atoms with van der Waals surface area (Å²) in [5.74, 6) is 0. The summed E-state index contributed by atoms with van der Waals surface area (Å²) in [6, 6.07) is 9.41. The molecule has 0 amide bonds. The second-order valence-corrected chi connectivity index (χ2v) is 7.23. The fourth-order valence-corrected chi connectivity index (χ4v) is 4.11. The van der Waals surface area contributed by atoms with Crippen LogP contribution < -0.4 is 0 Å². The van der Waals surface area contributed by atoms with E-state index < -0.39 is 0 Å². The molecule has 134 valence electrons. The van der Waals surface area contributed by atoms with Gasteiger partial charge in [-0.15, -0.1) is 0 Å². The van der Waals surface area contributed by atoms with E-state index in [4.69, 9.17) is 4.74 Å². The van der Waals surface area contributed by atoms with E-state index in [0.717, 1.165) is 58.8 Å². The predicted molar refractivity (Wildman–Crippen MR) is 97.4 cm³/mol. The number of benzene rings is 1. The summed E-state index contributed by atoms with van der Waals surface area (Å²) in [7, 11) is 0.